The molecule has 1 aromatic carbocycles. The van der Waals surface area contributed by atoms with Crippen molar-refractivity contribution >= 4 is 40.2 Å². The van der Waals surface area contributed by atoms with Gasteiger partial charge in [-0.2, -0.15) is 9.97 Å². The third kappa shape index (κ3) is 3.97. The fourth-order valence-corrected chi connectivity index (χ4v) is 2.72. The molecule has 8 nitrogen and oxygen atoms in total. The largest absolute Gasteiger partial charge is 0.398 e. The summed E-state index contributed by atoms with van der Waals surface area (Å²) in [6.07, 6.45) is 1.23. The van der Waals surface area contributed by atoms with E-state index in [1.54, 1.807) is 25.4 Å². The standard InChI is InChI=1S/C17H22ClN7O/c1-3-25-9-22-14-15(20-8-11-6-12(18)4-5-13(11)19)23-17(24-16(14)25)21-7-10(2)26/h4-6,9-10,26H,3,7-8,19H2,1-2H3,(H2,20,21,23,24). The van der Waals surface area contributed by atoms with Crippen molar-refractivity contribution < 1.29 is 5.11 Å². The van der Waals surface area contributed by atoms with Gasteiger partial charge in [0.15, 0.2) is 17.0 Å². The van der Waals surface area contributed by atoms with Crippen LogP contribution in [0.3, 0.4) is 0 Å². The van der Waals surface area contributed by atoms with Gasteiger partial charge in [0, 0.05) is 30.3 Å². The fourth-order valence-electron chi connectivity index (χ4n) is 2.52. The predicted octanol–water partition coefficient (Wildman–Crippen LogP) is 2.49. The zero-order valence-corrected chi connectivity index (χ0v) is 15.5. The van der Waals surface area contributed by atoms with Crippen molar-refractivity contribution in [1.82, 2.24) is 19.5 Å². The molecule has 26 heavy (non-hydrogen) atoms. The molecule has 0 aliphatic heterocycles. The highest BCUT2D eigenvalue weighted by Gasteiger charge is 2.13. The van der Waals surface area contributed by atoms with Crippen LogP contribution < -0.4 is 16.4 Å². The van der Waals surface area contributed by atoms with Crippen molar-refractivity contribution in [2.24, 2.45) is 0 Å². The molecule has 1 unspecified atom stereocenters. The quantitative estimate of drug-likeness (QED) is 0.469. The van der Waals surface area contributed by atoms with Crippen molar-refractivity contribution in [3.8, 4) is 0 Å². The number of nitrogens with zero attached hydrogens (tertiary/aromatic N) is 4. The van der Waals surface area contributed by atoms with Crippen LogP contribution >= 0.6 is 11.6 Å². The highest BCUT2D eigenvalue weighted by atomic mass is 35.5. The van der Waals surface area contributed by atoms with E-state index in [1.165, 1.54) is 0 Å². The Morgan fingerprint density at radius 2 is 2.12 bits per heavy atom. The van der Waals surface area contributed by atoms with Crippen LogP contribution in [0.2, 0.25) is 5.02 Å². The summed E-state index contributed by atoms with van der Waals surface area (Å²) in [7, 11) is 0. The van der Waals surface area contributed by atoms with Crippen LogP contribution in [0.1, 0.15) is 19.4 Å². The van der Waals surface area contributed by atoms with Gasteiger partial charge in [-0.1, -0.05) is 11.6 Å². The number of anilines is 3. The Balaban J connectivity index is 1.92. The van der Waals surface area contributed by atoms with E-state index < -0.39 is 6.10 Å². The first kappa shape index (κ1) is 18.2. The number of aliphatic hydroxyl groups is 1. The van der Waals surface area contributed by atoms with E-state index in [4.69, 9.17) is 17.3 Å². The van der Waals surface area contributed by atoms with Gasteiger partial charge < -0.3 is 26.0 Å². The summed E-state index contributed by atoms with van der Waals surface area (Å²) < 4.78 is 1.93. The van der Waals surface area contributed by atoms with Gasteiger partial charge >= 0.3 is 0 Å². The molecule has 0 fully saturated rings. The molecule has 1 atom stereocenters. The number of aliphatic hydroxyl groups excluding tert-OH is 1. The second kappa shape index (κ2) is 7.76. The van der Waals surface area contributed by atoms with Crippen molar-refractivity contribution in [3.05, 3.63) is 35.1 Å². The molecule has 3 aromatic rings. The molecule has 138 valence electrons. The van der Waals surface area contributed by atoms with Gasteiger partial charge in [-0.15, -0.1) is 0 Å². The first-order valence-corrected chi connectivity index (χ1v) is 8.78. The van der Waals surface area contributed by atoms with Crippen LogP contribution in [-0.2, 0) is 13.1 Å². The van der Waals surface area contributed by atoms with E-state index in [0.29, 0.717) is 41.1 Å². The number of rotatable bonds is 7. The summed E-state index contributed by atoms with van der Waals surface area (Å²) in [5.41, 5.74) is 8.93. The van der Waals surface area contributed by atoms with Crippen molar-refractivity contribution in [3.63, 3.8) is 0 Å². The summed E-state index contributed by atoms with van der Waals surface area (Å²) in [4.78, 5) is 13.4. The van der Waals surface area contributed by atoms with Crippen LogP contribution in [0.4, 0.5) is 17.5 Å². The topological polar surface area (TPSA) is 114 Å². The Labute approximate surface area is 156 Å². The first-order chi connectivity index (χ1) is 12.5. The number of aryl methyl sites for hydroxylation is 1. The maximum atomic E-state index is 9.49. The summed E-state index contributed by atoms with van der Waals surface area (Å²) in [5.74, 6) is 1.02. The SMILES string of the molecule is CCn1cnc2c(NCc3cc(Cl)ccc3N)nc(NCC(C)O)nc21. The molecule has 0 amide bonds. The fraction of sp³-hybridized carbons (Fsp3) is 0.353. The van der Waals surface area contributed by atoms with Crippen LogP contribution in [-0.4, -0.2) is 37.3 Å². The predicted molar refractivity (Wildman–Crippen MR) is 104 cm³/mol. The van der Waals surface area contributed by atoms with Gasteiger partial charge in [0.2, 0.25) is 5.95 Å². The van der Waals surface area contributed by atoms with E-state index >= 15 is 0 Å². The van der Waals surface area contributed by atoms with Gasteiger partial charge in [-0.25, -0.2) is 4.98 Å². The molecule has 0 aliphatic rings. The molecule has 5 N–H and O–H groups in total. The minimum atomic E-state index is -0.506. The Bertz CT molecular complexity index is 910. The van der Waals surface area contributed by atoms with Crippen LogP contribution in [0.25, 0.3) is 11.2 Å². The second-order valence-corrected chi connectivity index (χ2v) is 6.46. The molecular formula is C17H22ClN7O. The smallest absolute Gasteiger partial charge is 0.226 e. The monoisotopic (exact) mass is 375 g/mol. The van der Waals surface area contributed by atoms with E-state index in [2.05, 4.69) is 25.6 Å². The number of hydrogen-bond donors (Lipinski definition) is 4. The lowest BCUT2D eigenvalue weighted by molar-refractivity contribution is 0.208. The molecule has 2 aromatic heterocycles. The number of imidazole rings is 1. The highest BCUT2D eigenvalue weighted by Crippen LogP contribution is 2.23. The van der Waals surface area contributed by atoms with Crippen molar-refractivity contribution in [2.45, 2.75) is 33.0 Å². The van der Waals surface area contributed by atoms with Crippen LogP contribution in [0.5, 0.6) is 0 Å². The average molecular weight is 376 g/mol. The lowest BCUT2D eigenvalue weighted by Crippen LogP contribution is -2.17. The molecule has 0 saturated heterocycles. The molecule has 0 radical (unpaired) electrons. The number of nitrogens with one attached hydrogen (secondary N) is 2. The van der Waals surface area contributed by atoms with Crippen molar-refractivity contribution in [2.75, 3.05) is 22.9 Å². The molecule has 0 bridgehead atoms. The number of nitrogens with two attached hydrogens (primary N) is 1. The molecule has 3 rings (SSSR count). The number of fused-ring (bicyclic) bond motifs is 1. The molecule has 2 heterocycles. The highest BCUT2D eigenvalue weighted by molar-refractivity contribution is 6.30. The summed E-state index contributed by atoms with van der Waals surface area (Å²) >= 11 is 6.05. The lowest BCUT2D eigenvalue weighted by atomic mass is 10.2. The van der Waals surface area contributed by atoms with Crippen LogP contribution in [0.15, 0.2) is 24.5 Å². The summed E-state index contributed by atoms with van der Waals surface area (Å²) in [6.45, 7) is 5.26. The Kier molecular flexibility index (Phi) is 5.43. The molecule has 0 aliphatic carbocycles. The van der Waals surface area contributed by atoms with E-state index in [9.17, 15) is 5.11 Å². The Morgan fingerprint density at radius 1 is 1.31 bits per heavy atom. The number of halogens is 1. The molecular weight excluding hydrogens is 354 g/mol. The Hall–Kier alpha value is -2.58. The maximum Gasteiger partial charge on any atom is 0.226 e. The summed E-state index contributed by atoms with van der Waals surface area (Å²) in [6, 6.07) is 5.35. The van der Waals surface area contributed by atoms with Gasteiger partial charge in [0.05, 0.1) is 12.4 Å². The zero-order valence-electron chi connectivity index (χ0n) is 14.7. The molecule has 0 saturated carbocycles. The number of nitrogen functional groups attached to an aromatic ring is 1. The van der Waals surface area contributed by atoms with Gasteiger partial charge in [-0.05, 0) is 37.6 Å². The minimum Gasteiger partial charge on any atom is -0.398 e. The van der Waals surface area contributed by atoms with Gasteiger partial charge in [0.25, 0.3) is 0 Å². The van der Waals surface area contributed by atoms with Crippen LogP contribution in [0, 0.1) is 0 Å². The van der Waals surface area contributed by atoms with Gasteiger partial charge in [0.1, 0.15) is 0 Å². The molecule has 9 heteroatoms. The van der Waals surface area contributed by atoms with Crippen molar-refractivity contribution in [1.29, 1.82) is 0 Å². The first-order valence-electron chi connectivity index (χ1n) is 8.40. The van der Waals surface area contributed by atoms with E-state index in [0.717, 1.165) is 17.8 Å². The van der Waals surface area contributed by atoms with E-state index in [-0.39, 0.29) is 0 Å². The maximum absolute atomic E-state index is 9.49. The number of aromatic nitrogens is 4. The normalized spacial score (nSPS) is 12.3. The minimum absolute atomic E-state index is 0.354. The second-order valence-electron chi connectivity index (χ2n) is 6.03. The number of benzene rings is 1. The summed E-state index contributed by atoms with van der Waals surface area (Å²) in [5, 5.41) is 16.4. The Morgan fingerprint density at radius 3 is 2.85 bits per heavy atom. The number of hydrogen-bond acceptors (Lipinski definition) is 7. The average Bonchev–Trinajstić information content (AvgIpc) is 3.03. The van der Waals surface area contributed by atoms with E-state index in [1.807, 2.05) is 17.6 Å². The lowest BCUT2D eigenvalue weighted by Gasteiger charge is -2.12. The zero-order chi connectivity index (χ0) is 18.7. The third-order valence-corrected chi connectivity index (χ3v) is 4.15. The molecule has 0 spiro atoms. The van der Waals surface area contributed by atoms with Gasteiger partial charge in [-0.3, -0.25) is 0 Å². The third-order valence-electron chi connectivity index (χ3n) is 3.91.